The summed E-state index contributed by atoms with van der Waals surface area (Å²) in [6.07, 6.45) is 3.69. The van der Waals surface area contributed by atoms with Crippen molar-refractivity contribution in [2.75, 3.05) is 0 Å². The van der Waals surface area contributed by atoms with Gasteiger partial charge in [0, 0.05) is 12.0 Å². The summed E-state index contributed by atoms with van der Waals surface area (Å²) in [5.41, 5.74) is 3.27. The quantitative estimate of drug-likeness (QED) is 0.859. The van der Waals surface area contributed by atoms with Crippen molar-refractivity contribution in [2.45, 2.75) is 50.0 Å². The van der Waals surface area contributed by atoms with Gasteiger partial charge in [0.05, 0.1) is 5.25 Å². The number of benzene rings is 1. The van der Waals surface area contributed by atoms with Crippen molar-refractivity contribution in [1.29, 1.82) is 0 Å². The predicted molar refractivity (Wildman–Crippen MR) is 82.3 cm³/mol. The van der Waals surface area contributed by atoms with Crippen molar-refractivity contribution < 1.29 is 9.21 Å². The molecule has 1 aliphatic carbocycles. The fourth-order valence-corrected chi connectivity index (χ4v) is 3.66. The normalized spacial score (nSPS) is 19.0. The van der Waals surface area contributed by atoms with Crippen molar-refractivity contribution in [3.63, 3.8) is 0 Å². The lowest BCUT2D eigenvalue weighted by molar-refractivity contribution is -0.119. The van der Waals surface area contributed by atoms with Crippen LogP contribution in [-0.4, -0.2) is 21.2 Å². The monoisotopic (exact) mass is 302 g/mol. The van der Waals surface area contributed by atoms with Gasteiger partial charge in [-0.25, -0.2) is 0 Å². The average Bonchev–Trinajstić information content (AvgIpc) is 2.89. The lowest BCUT2D eigenvalue weighted by atomic mass is 9.99. The van der Waals surface area contributed by atoms with E-state index in [9.17, 15) is 4.79 Å². The zero-order valence-corrected chi connectivity index (χ0v) is 13.1. The van der Waals surface area contributed by atoms with Gasteiger partial charge in [0.25, 0.3) is 5.22 Å². The number of hydrogen-bond acceptors (Lipinski definition) is 5. The van der Waals surface area contributed by atoms with Crippen molar-refractivity contribution in [3.8, 4) is 11.5 Å². The largest absolute Gasteiger partial charge is 0.411 e. The molecule has 1 unspecified atom stereocenters. The Bertz CT molecular complexity index is 646. The summed E-state index contributed by atoms with van der Waals surface area (Å²) in [5, 5.41) is 8.65. The molecule has 0 saturated heterocycles. The highest BCUT2D eigenvalue weighted by molar-refractivity contribution is 8.00. The number of hydrogen-bond donors (Lipinski definition) is 0. The van der Waals surface area contributed by atoms with Gasteiger partial charge in [-0.1, -0.05) is 35.4 Å². The Labute approximate surface area is 128 Å². The van der Waals surface area contributed by atoms with Crippen LogP contribution < -0.4 is 0 Å². The van der Waals surface area contributed by atoms with Crippen LogP contribution >= 0.6 is 11.8 Å². The number of carbonyl (C=O) groups excluding carboxylic acids is 1. The molecule has 1 aromatic heterocycles. The highest BCUT2D eigenvalue weighted by Crippen LogP contribution is 2.32. The molecule has 1 fully saturated rings. The molecule has 21 heavy (non-hydrogen) atoms. The molecular weight excluding hydrogens is 284 g/mol. The first-order valence-corrected chi connectivity index (χ1v) is 8.11. The van der Waals surface area contributed by atoms with Gasteiger partial charge in [-0.05, 0) is 38.8 Å². The van der Waals surface area contributed by atoms with Gasteiger partial charge in [0.15, 0.2) is 0 Å². The number of aromatic nitrogens is 2. The van der Waals surface area contributed by atoms with E-state index < -0.39 is 0 Å². The van der Waals surface area contributed by atoms with Crippen LogP contribution in [0, 0.1) is 13.8 Å². The lowest BCUT2D eigenvalue weighted by Crippen LogP contribution is -2.21. The fourth-order valence-electron chi connectivity index (χ4n) is 2.67. The van der Waals surface area contributed by atoms with Gasteiger partial charge in [-0.2, -0.15) is 0 Å². The van der Waals surface area contributed by atoms with E-state index in [1.54, 1.807) is 0 Å². The SMILES string of the molecule is Cc1cc(C)cc(-c2nnc(SC3CCCCC3=O)o2)c1. The van der Waals surface area contributed by atoms with E-state index in [0.29, 0.717) is 23.3 Å². The summed E-state index contributed by atoms with van der Waals surface area (Å²) in [6, 6.07) is 6.16. The molecule has 1 heterocycles. The summed E-state index contributed by atoms with van der Waals surface area (Å²) >= 11 is 1.41. The van der Waals surface area contributed by atoms with E-state index in [1.807, 2.05) is 26.0 Å². The molecule has 0 spiro atoms. The maximum absolute atomic E-state index is 11.9. The van der Waals surface area contributed by atoms with Crippen LogP contribution in [0.4, 0.5) is 0 Å². The Hall–Kier alpha value is -1.62. The zero-order chi connectivity index (χ0) is 14.8. The van der Waals surface area contributed by atoms with Gasteiger partial charge in [-0.15, -0.1) is 10.2 Å². The van der Waals surface area contributed by atoms with Crippen molar-refractivity contribution in [1.82, 2.24) is 10.2 Å². The Kier molecular flexibility index (Phi) is 4.10. The minimum atomic E-state index is -0.0219. The molecule has 3 rings (SSSR count). The maximum atomic E-state index is 11.9. The second kappa shape index (κ2) is 6.02. The molecule has 1 saturated carbocycles. The third kappa shape index (κ3) is 3.35. The summed E-state index contributed by atoms with van der Waals surface area (Å²) in [7, 11) is 0. The van der Waals surface area contributed by atoms with Crippen molar-refractivity contribution in [2.24, 2.45) is 0 Å². The molecule has 0 aliphatic heterocycles. The molecule has 0 amide bonds. The number of thioether (sulfide) groups is 1. The Balaban J connectivity index is 1.78. The molecule has 1 aliphatic rings. The average molecular weight is 302 g/mol. The molecule has 0 radical (unpaired) electrons. The minimum absolute atomic E-state index is 0.0219. The third-order valence-electron chi connectivity index (χ3n) is 3.62. The lowest BCUT2D eigenvalue weighted by Gasteiger charge is -2.17. The second-order valence-electron chi connectivity index (χ2n) is 5.57. The first kappa shape index (κ1) is 14.3. The smallest absolute Gasteiger partial charge is 0.277 e. The van der Waals surface area contributed by atoms with E-state index in [2.05, 4.69) is 16.3 Å². The Morgan fingerprint density at radius 3 is 2.62 bits per heavy atom. The number of ketones is 1. The molecule has 2 aromatic rings. The van der Waals surface area contributed by atoms with Crippen molar-refractivity contribution >= 4 is 17.5 Å². The highest BCUT2D eigenvalue weighted by atomic mass is 32.2. The zero-order valence-electron chi connectivity index (χ0n) is 12.3. The fraction of sp³-hybridized carbons (Fsp3) is 0.438. The van der Waals surface area contributed by atoms with E-state index in [0.717, 1.165) is 24.8 Å². The van der Waals surface area contributed by atoms with Crippen LogP contribution in [0.3, 0.4) is 0 Å². The maximum Gasteiger partial charge on any atom is 0.277 e. The van der Waals surface area contributed by atoms with Crippen LogP contribution in [0.1, 0.15) is 36.8 Å². The molecule has 1 aromatic carbocycles. The first-order valence-electron chi connectivity index (χ1n) is 7.23. The predicted octanol–water partition coefficient (Wildman–Crippen LogP) is 3.96. The molecule has 0 N–H and O–H groups in total. The molecule has 1 atom stereocenters. The summed E-state index contributed by atoms with van der Waals surface area (Å²) in [5.74, 6) is 0.824. The van der Waals surface area contributed by atoms with Crippen molar-refractivity contribution in [3.05, 3.63) is 29.3 Å². The molecule has 110 valence electrons. The minimum Gasteiger partial charge on any atom is -0.411 e. The van der Waals surface area contributed by atoms with E-state index >= 15 is 0 Å². The molecule has 4 nitrogen and oxygen atoms in total. The van der Waals surface area contributed by atoms with Crippen LogP contribution in [0.5, 0.6) is 0 Å². The molecule has 0 bridgehead atoms. The first-order chi connectivity index (χ1) is 10.1. The van der Waals surface area contributed by atoms with Gasteiger partial charge < -0.3 is 4.42 Å². The van der Waals surface area contributed by atoms with Gasteiger partial charge in [0.2, 0.25) is 5.89 Å². The highest BCUT2D eigenvalue weighted by Gasteiger charge is 2.25. The second-order valence-corrected chi connectivity index (χ2v) is 6.72. The number of rotatable bonds is 3. The Morgan fingerprint density at radius 1 is 1.14 bits per heavy atom. The summed E-state index contributed by atoms with van der Waals surface area (Å²) in [4.78, 5) is 11.9. The van der Waals surface area contributed by atoms with Gasteiger partial charge in [0.1, 0.15) is 5.78 Å². The van der Waals surface area contributed by atoms with Crippen LogP contribution in [-0.2, 0) is 4.79 Å². The molecule has 5 heteroatoms. The summed E-state index contributed by atoms with van der Waals surface area (Å²) in [6.45, 7) is 4.09. The molecular formula is C16H18N2O2S. The van der Waals surface area contributed by atoms with Crippen LogP contribution in [0.2, 0.25) is 0 Å². The number of nitrogens with zero attached hydrogens (tertiary/aromatic N) is 2. The van der Waals surface area contributed by atoms with E-state index in [4.69, 9.17) is 4.42 Å². The van der Waals surface area contributed by atoms with Gasteiger partial charge in [-0.3, -0.25) is 4.79 Å². The number of carbonyl (C=O) groups is 1. The third-order valence-corrected chi connectivity index (χ3v) is 4.77. The van der Waals surface area contributed by atoms with E-state index in [1.165, 1.54) is 22.9 Å². The van der Waals surface area contributed by atoms with Gasteiger partial charge >= 0.3 is 0 Å². The van der Waals surface area contributed by atoms with E-state index in [-0.39, 0.29) is 5.25 Å². The standard InChI is InChI=1S/C16H18N2O2S/c1-10-7-11(2)9-12(8-10)15-17-18-16(20-15)21-14-6-4-3-5-13(14)19/h7-9,14H,3-6H2,1-2H3. The number of Topliss-reactive ketones (excluding diaryl/α,β-unsaturated/α-hetero) is 1. The summed E-state index contributed by atoms with van der Waals surface area (Å²) < 4.78 is 5.72. The van der Waals surface area contributed by atoms with Crippen LogP contribution in [0.15, 0.2) is 27.8 Å². The topological polar surface area (TPSA) is 56.0 Å². The van der Waals surface area contributed by atoms with Crippen LogP contribution in [0.25, 0.3) is 11.5 Å². The number of aryl methyl sites for hydroxylation is 2. The Morgan fingerprint density at radius 2 is 1.90 bits per heavy atom.